The van der Waals surface area contributed by atoms with E-state index in [2.05, 4.69) is 64.4 Å². The minimum absolute atomic E-state index is 0.421. The first kappa shape index (κ1) is 15.0. The fourth-order valence-electron chi connectivity index (χ4n) is 2.85. The summed E-state index contributed by atoms with van der Waals surface area (Å²) in [5.74, 6) is 0. The van der Waals surface area contributed by atoms with Crippen molar-refractivity contribution in [2.45, 2.75) is 44.7 Å². The molecule has 0 heterocycles. The molecule has 1 fully saturated rings. The van der Waals surface area contributed by atoms with E-state index in [1.54, 1.807) is 0 Å². The molecule has 1 aromatic carbocycles. The highest BCUT2D eigenvalue weighted by Crippen LogP contribution is 2.22. The number of rotatable bonds is 6. The van der Waals surface area contributed by atoms with Gasteiger partial charge >= 0.3 is 0 Å². The van der Waals surface area contributed by atoms with Crippen molar-refractivity contribution in [3.05, 3.63) is 34.3 Å². The van der Waals surface area contributed by atoms with Gasteiger partial charge in [-0.3, -0.25) is 0 Å². The smallest absolute Gasteiger partial charge is 0.0292 e. The Morgan fingerprint density at radius 1 is 1.26 bits per heavy atom. The van der Waals surface area contributed by atoms with Gasteiger partial charge in [0.2, 0.25) is 0 Å². The van der Waals surface area contributed by atoms with Crippen molar-refractivity contribution in [2.75, 3.05) is 20.1 Å². The van der Waals surface area contributed by atoms with E-state index in [1.807, 2.05) is 0 Å². The second-order valence-corrected chi connectivity index (χ2v) is 6.56. The maximum Gasteiger partial charge on any atom is 0.0292 e. The number of halogens is 1. The van der Waals surface area contributed by atoms with Gasteiger partial charge in [-0.05, 0) is 44.5 Å². The van der Waals surface area contributed by atoms with Gasteiger partial charge in [0.15, 0.2) is 0 Å². The van der Waals surface area contributed by atoms with Crippen molar-refractivity contribution in [3.8, 4) is 0 Å². The number of hydrogen-bond acceptors (Lipinski definition) is 2. The SMILES string of the molecule is CC(NCCN(C)C1CCCC1)c1ccc(Br)cc1. The second-order valence-electron chi connectivity index (χ2n) is 5.65. The molecule has 1 saturated carbocycles. The molecule has 1 aromatic rings. The van der Waals surface area contributed by atoms with E-state index in [0.29, 0.717) is 6.04 Å². The van der Waals surface area contributed by atoms with Crippen molar-refractivity contribution in [3.63, 3.8) is 0 Å². The number of hydrogen-bond donors (Lipinski definition) is 1. The summed E-state index contributed by atoms with van der Waals surface area (Å²) < 4.78 is 1.14. The standard InChI is InChI=1S/C16H25BrN2/c1-13(14-7-9-15(17)10-8-14)18-11-12-19(2)16-5-3-4-6-16/h7-10,13,16,18H,3-6,11-12H2,1-2H3. The Kier molecular flexibility index (Phi) is 5.86. The first-order valence-corrected chi connectivity index (χ1v) is 8.15. The van der Waals surface area contributed by atoms with Crippen LogP contribution in [0.2, 0.25) is 0 Å². The molecule has 0 spiro atoms. The zero-order valence-corrected chi connectivity index (χ0v) is 13.6. The monoisotopic (exact) mass is 324 g/mol. The van der Waals surface area contributed by atoms with Gasteiger partial charge in [-0.2, -0.15) is 0 Å². The molecule has 1 aliphatic rings. The summed E-state index contributed by atoms with van der Waals surface area (Å²) in [4.78, 5) is 2.52. The maximum absolute atomic E-state index is 3.62. The number of likely N-dealkylation sites (N-methyl/N-ethyl adjacent to an activating group) is 1. The summed E-state index contributed by atoms with van der Waals surface area (Å²) >= 11 is 3.48. The molecule has 0 aromatic heterocycles. The first-order valence-electron chi connectivity index (χ1n) is 7.36. The van der Waals surface area contributed by atoms with Crippen LogP contribution in [0.5, 0.6) is 0 Å². The topological polar surface area (TPSA) is 15.3 Å². The zero-order valence-electron chi connectivity index (χ0n) is 12.0. The van der Waals surface area contributed by atoms with Crippen molar-refractivity contribution in [1.82, 2.24) is 10.2 Å². The predicted molar refractivity (Wildman–Crippen MR) is 85.4 cm³/mol. The Labute approximate surface area is 125 Å². The van der Waals surface area contributed by atoms with Crippen LogP contribution in [0.4, 0.5) is 0 Å². The van der Waals surface area contributed by atoms with E-state index < -0.39 is 0 Å². The molecule has 106 valence electrons. The third-order valence-electron chi connectivity index (χ3n) is 4.23. The van der Waals surface area contributed by atoms with Crippen LogP contribution in [0.1, 0.15) is 44.2 Å². The molecule has 0 aliphatic heterocycles. The molecule has 0 saturated heterocycles. The fourth-order valence-corrected chi connectivity index (χ4v) is 3.12. The van der Waals surface area contributed by atoms with E-state index in [-0.39, 0.29) is 0 Å². The van der Waals surface area contributed by atoms with Crippen molar-refractivity contribution in [2.24, 2.45) is 0 Å². The minimum atomic E-state index is 0.421. The van der Waals surface area contributed by atoms with Crippen LogP contribution in [-0.4, -0.2) is 31.1 Å². The fraction of sp³-hybridized carbons (Fsp3) is 0.625. The molecule has 0 amide bonds. The van der Waals surface area contributed by atoms with Crippen LogP contribution >= 0.6 is 15.9 Å². The second kappa shape index (κ2) is 7.41. The van der Waals surface area contributed by atoms with Gasteiger partial charge in [0, 0.05) is 29.6 Å². The Morgan fingerprint density at radius 2 is 1.89 bits per heavy atom. The van der Waals surface area contributed by atoms with Crippen LogP contribution in [0, 0.1) is 0 Å². The molecule has 3 heteroatoms. The number of benzene rings is 1. The first-order chi connectivity index (χ1) is 9.16. The highest BCUT2D eigenvalue weighted by atomic mass is 79.9. The van der Waals surface area contributed by atoms with Crippen LogP contribution in [0.15, 0.2) is 28.7 Å². The molecule has 1 N–H and O–H groups in total. The largest absolute Gasteiger partial charge is 0.309 e. The van der Waals surface area contributed by atoms with Crippen LogP contribution in [0.3, 0.4) is 0 Å². The lowest BCUT2D eigenvalue weighted by Crippen LogP contribution is -2.36. The van der Waals surface area contributed by atoms with Gasteiger partial charge in [-0.25, -0.2) is 0 Å². The van der Waals surface area contributed by atoms with Gasteiger partial charge in [-0.15, -0.1) is 0 Å². The maximum atomic E-state index is 3.62. The summed E-state index contributed by atoms with van der Waals surface area (Å²) in [6.07, 6.45) is 5.60. The molecule has 2 rings (SSSR count). The zero-order chi connectivity index (χ0) is 13.7. The van der Waals surface area contributed by atoms with Crippen LogP contribution in [-0.2, 0) is 0 Å². The van der Waals surface area contributed by atoms with E-state index in [0.717, 1.165) is 23.6 Å². The van der Waals surface area contributed by atoms with Crippen molar-refractivity contribution < 1.29 is 0 Å². The molecule has 2 nitrogen and oxygen atoms in total. The summed E-state index contributed by atoms with van der Waals surface area (Å²) in [7, 11) is 2.27. The van der Waals surface area contributed by atoms with Gasteiger partial charge in [0.1, 0.15) is 0 Å². The van der Waals surface area contributed by atoms with E-state index in [4.69, 9.17) is 0 Å². The predicted octanol–water partition coefficient (Wildman–Crippen LogP) is 3.97. The quantitative estimate of drug-likeness (QED) is 0.851. The lowest BCUT2D eigenvalue weighted by molar-refractivity contribution is 0.243. The number of nitrogens with one attached hydrogen (secondary N) is 1. The Bertz CT molecular complexity index is 371. The van der Waals surface area contributed by atoms with Gasteiger partial charge in [0.05, 0.1) is 0 Å². The third-order valence-corrected chi connectivity index (χ3v) is 4.76. The molecule has 1 atom stereocenters. The average molecular weight is 325 g/mol. The van der Waals surface area contributed by atoms with Gasteiger partial charge < -0.3 is 10.2 Å². The molecule has 19 heavy (non-hydrogen) atoms. The average Bonchev–Trinajstić information content (AvgIpc) is 2.93. The minimum Gasteiger partial charge on any atom is -0.309 e. The molecular weight excluding hydrogens is 300 g/mol. The van der Waals surface area contributed by atoms with E-state index in [9.17, 15) is 0 Å². The lowest BCUT2D eigenvalue weighted by Gasteiger charge is -2.25. The molecule has 0 radical (unpaired) electrons. The summed E-state index contributed by atoms with van der Waals surface area (Å²) in [5.41, 5.74) is 1.35. The Morgan fingerprint density at radius 3 is 2.53 bits per heavy atom. The summed E-state index contributed by atoms with van der Waals surface area (Å²) in [6.45, 7) is 4.44. The molecule has 1 unspecified atom stereocenters. The van der Waals surface area contributed by atoms with Gasteiger partial charge in [-0.1, -0.05) is 40.9 Å². The van der Waals surface area contributed by atoms with Gasteiger partial charge in [0.25, 0.3) is 0 Å². The highest BCUT2D eigenvalue weighted by Gasteiger charge is 2.18. The Balaban J connectivity index is 1.71. The van der Waals surface area contributed by atoms with Crippen LogP contribution in [0.25, 0.3) is 0 Å². The highest BCUT2D eigenvalue weighted by molar-refractivity contribution is 9.10. The van der Waals surface area contributed by atoms with E-state index >= 15 is 0 Å². The van der Waals surface area contributed by atoms with Crippen LogP contribution < -0.4 is 5.32 Å². The van der Waals surface area contributed by atoms with Crippen molar-refractivity contribution >= 4 is 15.9 Å². The lowest BCUT2D eigenvalue weighted by atomic mass is 10.1. The number of nitrogens with zero attached hydrogens (tertiary/aromatic N) is 1. The molecule has 1 aliphatic carbocycles. The normalized spacial score (nSPS) is 18.1. The van der Waals surface area contributed by atoms with Crippen molar-refractivity contribution in [1.29, 1.82) is 0 Å². The van der Waals surface area contributed by atoms with E-state index in [1.165, 1.54) is 31.2 Å². The molecule has 0 bridgehead atoms. The summed E-state index contributed by atoms with van der Waals surface area (Å²) in [5, 5.41) is 3.62. The Hall–Kier alpha value is -0.380. The molecular formula is C16H25BrN2. The third kappa shape index (κ3) is 4.59. The summed E-state index contributed by atoms with van der Waals surface area (Å²) in [6, 6.07) is 9.83.